The number of nitrogens with zero attached hydrogens (tertiary/aromatic N) is 1. The minimum absolute atomic E-state index is 0.927. The molecule has 0 aliphatic rings. The van der Waals surface area contributed by atoms with E-state index in [1.807, 2.05) is 24.2 Å². The van der Waals surface area contributed by atoms with Crippen LogP contribution in [0.3, 0.4) is 0 Å². The van der Waals surface area contributed by atoms with Gasteiger partial charge in [0.1, 0.15) is 0 Å². The van der Waals surface area contributed by atoms with E-state index in [1.54, 1.807) is 0 Å². The first-order chi connectivity index (χ1) is 9.12. The second-order valence-electron chi connectivity index (χ2n) is 4.75. The van der Waals surface area contributed by atoms with Gasteiger partial charge in [-0.2, -0.15) is 0 Å². The lowest BCUT2D eigenvalue weighted by atomic mass is 9.66. The van der Waals surface area contributed by atoms with Gasteiger partial charge in [0.2, 0.25) is 0 Å². The third-order valence-corrected chi connectivity index (χ3v) is 3.28. The number of hydrogen-bond donors (Lipinski definition) is 0. The molecule has 0 rings (SSSR count). The van der Waals surface area contributed by atoms with Gasteiger partial charge in [0, 0.05) is 18.4 Å². The highest BCUT2D eigenvalue weighted by molar-refractivity contribution is 6.51. The molecule has 0 aliphatic heterocycles. The molecule has 2 heteroatoms. The van der Waals surface area contributed by atoms with E-state index in [0.717, 1.165) is 13.7 Å². The van der Waals surface area contributed by atoms with E-state index >= 15 is 0 Å². The van der Waals surface area contributed by atoms with Crippen molar-refractivity contribution in [3.8, 4) is 0 Å². The van der Waals surface area contributed by atoms with E-state index in [0.29, 0.717) is 0 Å². The summed E-state index contributed by atoms with van der Waals surface area (Å²) in [6.45, 7) is 15.9. The first-order valence-electron chi connectivity index (χ1n) is 7.10. The van der Waals surface area contributed by atoms with Crippen LogP contribution in [0, 0.1) is 0 Å². The first kappa shape index (κ1) is 17.6. The maximum Gasteiger partial charge on any atom is 0.179 e. The molecule has 0 aromatic carbocycles. The van der Waals surface area contributed by atoms with Crippen molar-refractivity contribution in [1.29, 1.82) is 0 Å². The summed E-state index contributed by atoms with van der Waals surface area (Å²) in [6.07, 6.45) is 10.7. The molecule has 0 atom stereocenters. The van der Waals surface area contributed by atoms with Gasteiger partial charge in [-0.3, -0.25) is 0 Å². The molecule has 0 unspecified atom stereocenters. The SMILES string of the molecule is C=CB/C(CCCCC)=C(\C=C)N(C)/C(C)=C/C=C. The molecule has 19 heavy (non-hydrogen) atoms. The Kier molecular flexibility index (Phi) is 9.69. The third kappa shape index (κ3) is 6.33. The van der Waals surface area contributed by atoms with Crippen LogP contribution in [-0.2, 0) is 0 Å². The average molecular weight is 257 g/mol. The van der Waals surface area contributed by atoms with Crippen LogP contribution in [0.5, 0.6) is 0 Å². The molecule has 0 heterocycles. The molecular weight excluding hydrogens is 229 g/mol. The van der Waals surface area contributed by atoms with Gasteiger partial charge in [0.15, 0.2) is 7.28 Å². The smallest absolute Gasteiger partial charge is 0.179 e. The highest BCUT2D eigenvalue weighted by Gasteiger charge is 2.09. The van der Waals surface area contributed by atoms with E-state index in [1.165, 1.54) is 36.1 Å². The van der Waals surface area contributed by atoms with Crippen molar-refractivity contribution in [3.05, 3.63) is 60.8 Å². The molecule has 0 saturated heterocycles. The largest absolute Gasteiger partial charge is 0.349 e. The van der Waals surface area contributed by atoms with Crippen LogP contribution in [0.1, 0.15) is 39.5 Å². The van der Waals surface area contributed by atoms with Gasteiger partial charge in [0.05, 0.1) is 0 Å². The van der Waals surface area contributed by atoms with Crippen molar-refractivity contribution >= 4 is 7.28 Å². The van der Waals surface area contributed by atoms with E-state index in [2.05, 4.69) is 45.5 Å². The van der Waals surface area contributed by atoms with Crippen LogP contribution in [0.15, 0.2) is 60.8 Å². The van der Waals surface area contributed by atoms with E-state index in [4.69, 9.17) is 0 Å². The molecule has 104 valence electrons. The van der Waals surface area contributed by atoms with E-state index in [9.17, 15) is 0 Å². The molecule has 0 fully saturated rings. The molecule has 0 aliphatic carbocycles. The Morgan fingerprint density at radius 3 is 2.37 bits per heavy atom. The Labute approximate surface area is 120 Å². The van der Waals surface area contributed by atoms with Crippen molar-refractivity contribution in [2.24, 2.45) is 0 Å². The molecule has 1 nitrogen and oxygen atoms in total. The summed E-state index contributed by atoms with van der Waals surface area (Å²) >= 11 is 0. The van der Waals surface area contributed by atoms with Crippen LogP contribution >= 0.6 is 0 Å². The zero-order chi connectivity index (χ0) is 14.7. The number of unbranched alkanes of at least 4 members (excludes halogenated alkanes) is 2. The van der Waals surface area contributed by atoms with Gasteiger partial charge in [0.25, 0.3) is 0 Å². The van der Waals surface area contributed by atoms with Crippen molar-refractivity contribution < 1.29 is 0 Å². The van der Waals surface area contributed by atoms with Gasteiger partial charge in [-0.1, -0.05) is 50.9 Å². The Hall–Kier alpha value is -1.44. The maximum absolute atomic E-state index is 3.97. The minimum Gasteiger partial charge on any atom is -0.349 e. The third-order valence-electron chi connectivity index (χ3n) is 3.28. The zero-order valence-electron chi connectivity index (χ0n) is 12.9. The molecule has 0 spiro atoms. The highest BCUT2D eigenvalue weighted by Crippen LogP contribution is 2.19. The van der Waals surface area contributed by atoms with Crippen molar-refractivity contribution in [2.75, 3.05) is 7.05 Å². The van der Waals surface area contributed by atoms with Gasteiger partial charge in [-0.15, -0.1) is 12.6 Å². The van der Waals surface area contributed by atoms with Gasteiger partial charge < -0.3 is 4.90 Å². The quantitative estimate of drug-likeness (QED) is 0.315. The zero-order valence-corrected chi connectivity index (χ0v) is 12.9. The second-order valence-corrected chi connectivity index (χ2v) is 4.75. The maximum atomic E-state index is 3.97. The Morgan fingerprint density at radius 1 is 1.21 bits per heavy atom. The van der Waals surface area contributed by atoms with E-state index < -0.39 is 0 Å². The van der Waals surface area contributed by atoms with Gasteiger partial charge in [-0.25, -0.2) is 0 Å². The second kappa shape index (κ2) is 10.5. The molecule has 0 aromatic rings. The summed E-state index contributed by atoms with van der Waals surface area (Å²) in [5, 5.41) is 0. The number of likely N-dealkylation sites (N-methyl/N-ethyl adjacent to an activating group) is 1. The minimum atomic E-state index is 0.927. The fourth-order valence-electron chi connectivity index (χ4n) is 2.09. The number of hydrogen-bond acceptors (Lipinski definition) is 1. The Morgan fingerprint density at radius 2 is 1.89 bits per heavy atom. The predicted molar refractivity (Wildman–Crippen MR) is 90.4 cm³/mol. The normalized spacial score (nSPS) is 12.5. The summed E-state index contributed by atoms with van der Waals surface area (Å²) in [7, 11) is 3.01. The lowest BCUT2D eigenvalue weighted by Crippen LogP contribution is -2.17. The van der Waals surface area contributed by atoms with Crippen LogP contribution < -0.4 is 0 Å². The lowest BCUT2D eigenvalue weighted by Gasteiger charge is -2.24. The average Bonchev–Trinajstić information content (AvgIpc) is 2.40. The molecule has 0 saturated carbocycles. The van der Waals surface area contributed by atoms with Crippen LogP contribution in [0.25, 0.3) is 0 Å². The van der Waals surface area contributed by atoms with E-state index in [-0.39, 0.29) is 0 Å². The highest BCUT2D eigenvalue weighted by atomic mass is 15.1. The standard InChI is InChI=1S/C17H28BN/c1-7-11-12-14-16(18-10-4)17(9-3)19(6)15(5)13-8-2/h8-10,13,18H,2-4,7,11-12,14H2,1,5-6H3/b15-13+,17-16+. The monoisotopic (exact) mass is 257 g/mol. The lowest BCUT2D eigenvalue weighted by molar-refractivity contribution is 0.530. The Bertz CT molecular complexity index is 363. The van der Waals surface area contributed by atoms with Crippen molar-refractivity contribution in [3.63, 3.8) is 0 Å². The molecular formula is C17H28BN. The van der Waals surface area contributed by atoms with Crippen molar-refractivity contribution in [1.82, 2.24) is 4.90 Å². The molecule has 0 aromatic heterocycles. The molecule has 0 amide bonds. The van der Waals surface area contributed by atoms with Crippen LogP contribution in [-0.4, -0.2) is 19.2 Å². The summed E-state index contributed by atoms with van der Waals surface area (Å²) in [5.74, 6) is 1.98. The van der Waals surface area contributed by atoms with Crippen LogP contribution in [0.4, 0.5) is 0 Å². The predicted octanol–water partition coefficient (Wildman–Crippen LogP) is 4.57. The number of allylic oxidation sites excluding steroid dienone is 5. The fraction of sp³-hybridized carbons (Fsp3) is 0.412. The fourth-order valence-corrected chi connectivity index (χ4v) is 2.09. The first-order valence-corrected chi connectivity index (χ1v) is 7.10. The van der Waals surface area contributed by atoms with Gasteiger partial charge in [-0.05, 0) is 25.5 Å². The van der Waals surface area contributed by atoms with Gasteiger partial charge >= 0.3 is 0 Å². The summed E-state index contributed by atoms with van der Waals surface area (Å²) in [4.78, 5) is 2.18. The summed E-state index contributed by atoms with van der Waals surface area (Å²) in [5.41, 5.74) is 3.78. The topological polar surface area (TPSA) is 3.24 Å². The van der Waals surface area contributed by atoms with Crippen LogP contribution in [0.2, 0.25) is 0 Å². The summed E-state index contributed by atoms with van der Waals surface area (Å²) in [6, 6.07) is 0. The van der Waals surface area contributed by atoms with Crippen molar-refractivity contribution in [2.45, 2.75) is 39.5 Å². The summed E-state index contributed by atoms with van der Waals surface area (Å²) < 4.78 is 0. The Balaban J connectivity index is 5.18. The number of rotatable bonds is 10. The molecule has 0 radical (unpaired) electrons. The molecule has 0 N–H and O–H groups in total. The molecule has 0 bridgehead atoms.